The predicted octanol–water partition coefficient (Wildman–Crippen LogP) is 7.02. The van der Waals surface area contributed by atoms with E-state index in [2.05, 4.69) is 76.9 Å². The zero-order chi connectivity index (χ0) is 17.7. The minimum Gasteiger partial charge on any atom is -0.264 e. The number of hydrogen-bond acceptors (Lipinski definition) is 1. The van der Waals surface area contributed by atoms with Gasteiger partial charge in [0.2, 0.25) is 0 Å². The SMILES string of the molecule is CC(C)c1ccc(C(C)CCC(C)c2cncc(C(C)C)c2)cc1. The van der Waals surface area contributed by atoms with E-state index >= 15 is 0 Å². The average Bonchev–Trinajstić information content (AvgIpc) is 2.59. The van der Waals surface area contributed by atoms with E-state index < -0.39 is 0 Å². The Balaban J connectivity index is 1.95. The van der Waals surface area contributed by atoms with Gasteiger partial charge in [0.15, 0.2) is 0 Å². The average molecular weight is 324 g/mol. The lowest BCUT2D eigenvalue weighted by Crippen LogP contribution is -2.01. The van der Waals surface area contributed by atoms with Crippen molar-refractivity contribution in [3.8, 4) is 0 Å². The first-order valence-electron chi connectivity index (χ1n) is 9.43. The summed E-state index contributed by atoms with van der Waals surface area (Å²) in [6, 6.07) is 11.5. The highest BCUT2D eigenvalue weighted by atomic mass is 14.6. The lowest BCUT2D eigenvalue weighted by Gasteiger charge is -2.18. The monoisotopic (exact) mass is 323 g/mol. The molecule has 24 heavy (non-hydrogen) atoms. The third kappa shape index (κ3) is 4.93. The third-order valence-electron chi connectivity index (χ3n) is 5.22. The van der Waals surface area contributed by atoms with E-state index in [4.69, 9.17) is 0 Å². The molecule has 0 amide bonds. The number of benzene rings is 1. The van der Waals surface area contributed by atoms with Crippen LogP contribution in [0.3, 0.4) is 0 Å². The summed E-state index contributed by atoms with van der Waals surface area (Å²) < 4.78 is 0. The van der Waals surface area contributed by atoms with Gasteiger partial charge in [-0.2, -0.15) is 0 Å². The van der Waals surface area contributed by atoms with Gasteiger partial charge in [-0.3, -0.25) is 4.98 Å². The third-order valence-corrected chi connectivity index (χ3v) is 5.22. The maximum Gasteiger partial charge on any atom is 0.0302 e. The van der Waals surface area contributed by atoms with Gasteiger partial charge in [-0.05, 0) is 58.8 Å². The van der Waals surface area contributed by atoms with E-state index in [1.54, 1.807) is 0 Å². The zero-order valence-corrected chi connectivity index (χ0v) is 16.2. The predicted molar refractivity (Wildman–Crippen MR) is 105 cm³/mol. The maximum atomic E-state index is 4.44. The van der Waals surface area contributed by atoms with Crippen molar-refractivity contribution >= 4 is 0 Å². The second-order valence-corrected chi connectivity index (χ2v) is 7.91. The van der Waals surface area contributed by atoms with Gasteiger partial charge in [0, 0.05) is 12.4 Å². The molecule has 0 fully saturated rings. The smallest absolute Gasteiger partial charge is 0.0302 e. The molecule has 0 saturated carbocycles. The molecule has 1 heterocycles. The Kier molecular flexibility index (Phi) is 6.60. The molecule has 2 atom stereocenters. The second kappa shape index (κ2) is 8.46. The molecule has 0 N–H and O–H groups in total. The molecule has 0 saturated heterocycles. The van der Waals surface area contributed by atoms with E-state index in [1.165, 1.54) is 35.1 Å². The van der Waals surface area contributed by atoms with Crippen LogP contribution < -0.4 is 0 Å². The zero-order valence-electron chi connectivity index (χ0n) is 16.2. The van der Waals surface area contributed by atoms with Gasteiger partial charge in [0.1, 0.15) is 0 Å². The highest BCUT2D eigenvalue weighted by Gasteiger charge is 2.12. The standard InChI is InChI=1S/C23H33N/c1-16(2)20-9-11-21(12-10-20)18(5)7-8-19(6)23-13-22(17(3)4)14-24-15-23/h9-19H,7-8H2,1-6H3. The van der Waals surface area contributed by atoms with Crippen molar-refractivity contribution < 1.29 is 0 Å². The Morgan fingerprint density at radius 3 is 1.62 bits per heavy atom. The molecule has 0 aliphatic rings. The first-order chi connectivity index (χ1) is 11.4. The van der Waals surface area contributed by atoms with Gasteiger partial charge in [0.25, 0.3) is 0 Å². The second-order valence-electron chi connectivity index (χ2n) is 7.91. The molecule has 1 heteroatoms. The van der Waals surface area contributed by atoms with Crippen molar-refractivity contribution in [1.82, 2.24) is 4.98 Å². The van der Waals surface area contributed by atoms with E-state index in [9.17, 15) is 0 Å². The van der Waals surface area contributed by atoms with Crippen LogP contribution >= 0.6 is 0 Å². The highest BCUT2D eigenvalue weighted by molar-refractivity contribution is 5.27. The number of hydrogen-bond donors (Lipinski definition) is 0. The van der Waals surface area contributed by atoms with E-state index in [-0.39, 0.29) is 0 Å². The number of pyridine rings is 1. The molecule has 2 rings (SSSR count). The Morgan fingerprint density at radius 1 is 0.625 bits per heavy atom. The maximum absolute atomic E-state index is 4.44. The van der Waals surface area contributed by atoms with Gasteiger partial charge in [-0.15, -0.1) is 0 Å². The van der Waals surface area contributed by atoms with Crippen LogP contribution in [0, 0.1) is 0 Å². The molecular weight excluding hydrogens is 290 g/mol. The van der Waals surface area contributed by atoms with Crippen molar-refractivity contribution in [3.63, 3.8) is 0 Å². The number of nitrogens with zero attached hydrogens (tertiary/aromatic N) is 1. The molecule has 1 aromatic carbocycles. The molecule has 0 bridgehead atoms. The Labute approximate surface area is 148 Å². The topological polar surface area (TPSA) is 12.9 Å². The van der Waals surface area contributed by atoms with Gasteiger partial charge in [0.05, 0.1) is 0 Å². The van der Waals surface area contributed by atoms with Crippen molar-refractivity contribution in [2.45, 2.75) is 78.1 Å². The Hall–Kier alpha value is -1.63. The molecule has 0 radical (unpaired) electrons. The van der Waals surface area contributed by atoms with Crippen molar-refractivity contribution in [1.29, 1.82) is 0 Å². The van der Waals surface area contributed by atoms with Crippen LogP contribution in [0.2, 0.25) is 0 Å². The van der Waals surface area contributed by atoms with Crippen LogP contribution in [0.25, 0.3) is 0 Å². The van der Waals surface area contributed by atoms with Crippen LogP contribution in [0.15, 0.2) is 42.7 Å². The van der Waals surface area contributed by atoms with Crippen LogP contribution in [-0.4, -0.2) is 4.98 Å². The highest BCUT2D eigenvalue weighted by Crippen LogP contribution is 2.29. The molecule has 1 nitrogen and oxygen atoms in total. The molecule has 2 unspecified atom stereocenters. The summed E-state index contributed by atoms with van der Waals surface area (Å²) in [6.45, 7) is 13.6. The lowest BCUT2D eigenvalue weighted by molar-refractivity contribution is 0.572. The van der Waals surface area contributed by atoms with Crippen molar-refractivity contribution in [3.05, 3.63) is 65.0 Å². The summed E-state index contributed by atoms with van der Waals surface area (Å²) >= 11 is 0. The van der Waals surface area contributed by atoms with Crippen LogP contribution in [0.5, 0.6) is 0 Å². The van der Waals surface area contributed by atoms with Crippen LogP contribution in [0.1, 0.15) is 100 Å². The van der Waals surface area contributed by atoms with Gasteiger partial charge >= 0.3 is 0 Å². The van der Waals surface area contributed by atoms with Gasteiger partial charge < -0.3 is 0 Å². The summed E-state index contributed by atoms with van der Waals surface area (Å²) in [5.74, 6) is 2.32. The summed E-state index contributed by atoms with van der Waals surface area (Å²) in [5, 5.41) is 0. The lowest BCUT2D eigenvalue weighted by atomic mass is 9.88. The first-order valence-corrected chi connectivity index (χ1v) is 9.43. The van der Waals surface area contributed by atoms with Gasteiger partial charge in [-0.1, -0.05) is 71.9 Å². The van der Waals surface area contributed by atoms with Crippen molar-refractivity contribution in [2.75, 3.05) is 0 Å². The first kappa shape index (κ1) is 18.7. The summed E-state index contributed by atoms with van der Waals surface area (Å²) in [4.78, 5) is 4.44. The molecule has 130 valence electrons. The van der Waals surface area contributed by atoms with Crippen LogP contribution in [0.4, 0.5) is 0 Å². The van der Waals surface area contributed by atoms with E-state index in [0.29, 0.717) is 23.7 Å². The Bertz CT molecular complexity index is 625. The summed E-state index contributed by atoms with van der Waals surface area (Å²) in [6.07, 6.45) is 6.46. The normalized spacial score (nSPS) is 14.2. The molecular formula is C23H33N. The number of aromatic nitrogens is 1. The molecule has 0 aliphatic heterocycles. The minimum atomic E-state index is 0.544. The summed E-state index contributed by atoms with van der Waals surface area (Å²) in [7, 11) is 0. The fourth-order valence-electron chi connectivity index (χ4n) is 3.10. The van der Waals surface area contributed by atoms with Gasteiger partial charge in [-0.25, -0.2) is 0 Å². The van der Waals surface area contributed by atoms with Crippen molar-refractivity contribution in [2.24, 2.45) is 0 Å². The molecule has 1 aromatic heterocycles. The molecule has 0 spiro atoms. The fourth-order valence-corrected chi connectivity index (χ4v) is 3.10. The van der Waals surface area contributed by atoms with E-state index in [0.717, 1.165) is 0 Å². The summed E-state index contributed by atoms with van der Waals surface area (Å²) in [5.41, 5.74) is 5.61. The van der Waals surface area contributed by atoms with Crippen LogP contribution in [-0.2, 0) is 0 Å². The van der Waals surface area contributed by atoms with E-state index in [1.807, 2.05) is 12.4 Å². The minimum absolute atomic E-state index is 0.544. The molecule has 2 aromatic rings. The molecule has 0 aliphatic carbocycles. The largest absolute Gasteiger partial charge is 0.264 e. The fraction of sp³-hybridized carbons (Fsp3) is 0.522. The number of rotatable bonds is 7. The quantitative estimate of drug-likeness (QED) is 0.533. The Morgan fingerprint density at radius 2 is 1.08 bits per heavy atom.